The van der Waals surface area contributed by atoms with Gasteiger partial charge in [0.1, 0.15) is 6.61 Å². The van der Waals surface area contributed by atoms with Gasteiger partial charge in [0.15, 0.2) is 11.5 Å². The average Bonchev–Trinajstić information content (AvgIpc) is 2.86. The van der Waals surface area contributed by atoms with Crippen molar-refractivity contribution in [3.63, 3.8) is 0 Å². The van der Waals surface area contributed by atoms with Crippen molar-refractivity contribution in [1.29, 1.82) is 5.26 Å². The Morgan fingerprint density at radius 1 is 0.970 bits per heavy atom. The molecule has 0 bridgehead atoms. The number of methoxy groups -OCH3 is 1. The molecule has 0 saturated heterocycles. The first kappa shape index (κ1) is 21.6. The van der Waals surface area contributed by atoms with Crippen LogP contribution in [0.25, 0.3) is 22.4 Å². The quantitative estimate of drug-likeness (QED) is 0.145. The monoisotopic (exact) mass is 436 g/mol. The standard InChI is InChI=1S/C27H20N2O4/c1-32-27-15-19(9-12-26(27)33-18-20-5-4-8-25(14-20)29(30)31)13-24(17-28)23-11-10-21-6-2-3-7-22(21)16-23/h2-16H,18H2,1H3/b24-13-. The summed E-state index contributed by atoms with van der Waals surface area (Å²) in [7, 11) is 1.54. The lowest BCUT2D eigenvalue weighted by molar-refractivity contribution is -0.384. The molecule has 0 atom stereocenters. The molecule has 6 nitrogen and oxygen atoms in total. The number of hydrogen-bond acceptors (Lipinski definition) is 5. The lowest BCUT2D eigenvalue weighted by atomic mass is 10.00. The topological polar surface area (TPSA) is 85.4 Å². The fourth-order valence-electron chi connectivity index (χ4n) is 3.52. The SMILES string of the molecule is COc1cc(/C=C(/C#N)c2ccc3ccccc3c2)ccc1OCc1cccc([N+](=O)[O-])c1. The van der Waals surface area contributed by atoms with Crippen LogP contribution in [0.15, 0.2) is 84.9 Å². The van der Waals surface area contributed by atoms with Crippen molar-refractivity contribution in [2.75, 3.05) is 7.11 Å². The summed E-state index contributed by atoms with van der Waals surface area (Å²) in [5.74, 6) is 1.01. The fourth-order valence-corrected chi connectivity index (χ4v) is 3.52. The second-order valence-electron chi connectivity index (χ2n) is 7.36. The Kier molecular flexibility index (Phi) is 6.33. The Balaban J connectivity index is 1.57. The van der Waals surface area contributed by atoms with Gasteiger partial charge in [-0.2, -0.15) is 5.26 Å². The minimum atomic E-state index is -0.437. The van der Waals surface area contributed by atoms with Crippen molar-refractivity contribution in [2.24, 2.45) is 0 Å². The molecule has 4 rings (SSSR count). The van der Waals surface area contributed by atoms with E-state index in [1.165, 1.54) is 19.2 Å². The van der Waals surface area contributed by atoms with Crippen LogP contribution in [-0.4, -0.2) is 12.0 Å². The highest BCUT2D eigenvalue weighted by atomic mass is 16.6. The average molecular weight is 436 g/mol. The van der Waals surface area contributed by atoms with E-state index < -0.39 is 4.92 Å². The van der Waals surface area contributed by atoms with Crippen LogP contribution in [0.2, 0.25) is 0 Å². The summed E-state index contributed by atoms with van der Waals surface area (Å²) >= 11 is 0. The van der Waals surface area contributed by atoms with E-state index in [9.17, 15) is 15.4 Å². The van der Waals surface area contributed by atoms with E-state index in [1.54, 1.807) is 30.3 Å². The molecule has 0 fully saturated rings. The minimum absolute atomic E-state index is 0.0151. The summed E-state index contributed by atoms with van der Waals surface area (Å²) in [6.45, 7) is 0.160. The zero-order chi connectivity index (χ0) is 23.2. The first-order valence-electron chi connectivity index (χ1n) is 10.2. The van der Waals surface area contributed by atoms with E-state index in [0.717, 1.165) is 21.9 Å². The van der Waals surface area contributed by atoms with E-state index in [1.807, 2.05) is 48.5 Å². The molecule has 0 unspecified atom stereocenters. The zero-order valence-electron chi connectivity index (χ0n) is 17.9. The molecule has 0 saturated carbocycles. The van der Waals surface area contributed by atoms with E-state index >= 15 is 0 Å². The van der Waals surface area contributed by atoms with Gasteiger partial charge in [-0.1, -0.05) is 54.6 Å². The molecule has 4 aromatic rings. The van der Waals surface area contributed by atoms with Crippen molar-refractivity contribution < 1.29 is 14.4 Å². The van der Waals surface area contributed by atoms with Gasteiger partial charge in [0.25, 0.3) is 5.69 Å². The molecule has 0 heterocycles. The van der Waals surface area contributed by atoms with Gasteiger partial charge < -0.3 is 9.47 Å². The zero-order valence-corrected chi connectivity index (χ0v) is 17.9. The first-order chi connectivity index (χ1) is 16.1. The lowest BCUT2D eigenvalue weighted by Gasteiger charge is -2.12. The highest BCUT2D eigenvalue weighted by molar-refractivity contribution is 5.94. The number of nitro groups is 1. The predicted octanol–water partition coefficient (Wildman–Crippen LogP) is 6.40. The van der Waals surface area contributed by atoms with Crippen molar-refractivity contribution in [3.8, 4) is 17.6 Å². The van der Waals surface area contributed by atoms with Gasteiger partial charge in [0, 0.05) is 12.1 Å². The molecule has 6 heteroatoms. The third-order valence-electron chi connectivity index (χ3n) is 5.20. The van der Waals surface area contributed by atoms with Gasteiger partial charge in [-0.15, -0.1) is 0 Å². The van der Waals surface area contributed by atoms with Crippen LogP contribution in [0.3, 0.4) is 0 Å². The molecule has 0 aliphatic rings. The number of fused-ring (bicyclic) bond motifs is 1. The summed E-state index contributed by atoms with van der Waals surface area (Å²) in [4.78, 5) is 10.5. The number of ether oxygens (including phenoxy) is 2. The Morgan fingerprint density at radius 3 is 2.55 bits per heavy atom. The smallest absolute Gasteiger partial charge is 0.269 e. The van der Waals surface area contributed by atoms with Crippen molar-refractivity contribution in [2.45, 2.75) is 6.61 Å². The van der Waals surface area contributed by atoms with Crippen LogP contribution in [0.4, 0.5) is 5.69 Å². The van der Waals surface area contributed by atoms with Gasteiger partial charge in [-0.25, -0.2) is 0 Å². The Bertz CT molecular complexity index is 1400. The molecule has 0 radical (unpaired) electrons. The van der Waals surface area contributed by atoms with Crippen molar-refractivity contribution in [3.05, 3.63) is 112 Å². The van der Waals surface area contributed by atoms with Gasteiger partial charge in [-0.05, 0) is 51.7 Å². The van der Waals surface area contributed by atoms with Crippen LogP contribution in [-0.2, 0) is 6.61 Å². The first-order valence-corrected chi connectivity index (χ1v) is 10.2. The van der Waals surface area contributed by atoms with Gasteiger partial charge in [0.2, 0.25) is 0 Å². The molecule has 0 N–H and O–H groups in total. The summed E-state index contributed by atoms with van der Waals surface area (Å²) in [5.41, 5.74) is 2.85. The number of non-ortho nitro benzene ring substituents is 1. The molecule has 0 aliphatic heterocycles. The summed E-state index contributed by atoms with van der Waals surface area (Å²) in [5, 5.41) is 22.9. The minimum Gasteiger partial charge on any atom is -0.493 e. The second kappa shape index (κ2) is 9.67. The summed E-state index contributed by atoms with van der Waals surface area (Å²) in [6, 6.07) is 27.9. The maximum atomic E-state index is 11.0. The molecule has 162 valence electrons. The number of nitrogens with zero attached hydrogens (tertiary/aromatic N) is 2. The van der Waals surface area contributed by atoms with Crippen LogP contribution >= 0.6 is 0 Å². The number of hydrogen-bond donors (Lipinski definition) is 0. The maximum absolute atomic E-state index is 11.0. The molecule has 4 aromatic carbocycles. The fraction of sp³-hybridized carbons (Fsp3) is 0.0741. The lowest BCUT2D eigenvalue weighted by Crippen LogP contribution is -1.99. The molecule has 0 aliphatic carbocycles. The highest BCUT2D eigenvalue weighted by Crippen LogP contribution is 2.31. The summed E-state index contributed by atoms with van der Waals surface area (Å²) in [6.07, 6.45) is 1.80. The molecular weight excluding hydrogens is 416 g/mol. The van der Waals surface area contributed by atoms with E-state index in [-0.39, 0.29) is 12.3 Å². The maximum Gasteiger partial charge on any atom is 0.269 e. The number of benzene rings is 4. The van der Waals surface area contributed by atoms with Gasteiger partial charge in [0.05, 0.1) is 23.7 Å². The molecular formula is C27H20N2O4. The predicted molar refractivity (Wildman–Crippen MR) is 128 cm³/mol. The number of rotatable bonds is 7. The second-order valence-corrected chi connectivity index (χ2v) is 7.36. The molecule has 0 aromatic heterocycles. The number of nitriles is 1. The molecule has 0 spiro atoms. The summed E-state index contributed by atoms with van der Waals surface area (Å²) < 4.78 is 11.3. The van der Waals surface area contributed by atoms with Crippen LogP contribution < -0.4 is 9.47 Å². The molecule has 0 amide bonds. The number of allylic oxidation sites excluding steroid dienone is 1. The van der Waals surface area contributed by atoms with Gasteiger partial charge >= 0.3 is 0 Å². The van der Waals surface area contributed by atoms with Crippen LogP contribution in [0.1, 0.15) is 16.7 Å². The molecule has 33 heavy (non-hydrogen) atoms. The number of nitro benzene ring substituents is 1. The van der Waals surface area contributed by atoms with Crippen molar-refractivity contribution in [1.82, 2.24) is 0 Å². The third-order valence-corrected chi connectivity index (χ3v) is 5.20. The normalized spacial score (nSPS) is 11.1. The van der Waals surface area contributed by atoms with Crippen LogP contribution in [0, 0.1) is 21.4 Å². The van der Waals surface area contributed by atoms with E-state index in [0.29, 0.717) is 22.6 Å². The largest absolute Gasteiger partial charge is 0.493 e. The Labute approximate surface area is 191 Å². The highest BCUT2D eigenvalue weighted by Gasteiger charge is 2.10. The van der Waals surface area contributed by atoms with Crippen molar-refractivity contribution >= 4 is 28.1 Å². The Morgan fingerprint density at radius 2 is 1.79 bits per heavy atom. The van der Waals surface area contributed by atoms with Crippen LogP contribution in [0.5, 0.6) is 11.5 Å². The third kappa shape index (κ3) is 5.00. The van der Waals surface area contributed by atoms with E-state index in [2.05, 4.69) is 6.07 Å². The Hall–Kier alpha value is -4.63. The van der Waals surface area contributed by atoms with Gasteiger partial charge in [-0.3, -0.25) is 10.1 Å². The van der Waals surface area contributed by atoms with E-state index in [4.69, 9.17) is 9.47 Å².